The number of fused-ring (bicyclic) bond motifs is 1. The second kappa shape index (κ2) is 5.78. The van der Waals surface area contributed by atoms with Gasteiger partial charge in [0.25, 0.3) is 0 Å². The van der Waals surface area contributed by atoms with Crippen LogP contribution in [0.15, 0.2) is 47.4 Å². The highest BCUT2D eigenvalue weighted by Gasteiger charge is 2.26. The molecule has 4 heteroatoms. The number of rotatable bonds is 3. The lowest BCUT2D eigenvalue weighted by molar-refractivity contribution is 0.310. The topological polar surface area (TPSA) is 46.2 Å². The van der Waals surface area contributed by atoms with Crippen molar-refractivity contribution in [2.24, 2.45) is 5.92 Å². The Bertz CT molecular complexity index is 739. The predicted octanol–water partition coefficient (Wildman–Crippen LogP) is 3.70. The monoisotopic (exact) mass is 303 g/mol. The van der Waals surface area contributed by atoms with Crippen molar-refractivity contribution >= 4 is 20.8 Å². The largest absolute Gasteiger partial charge is 0.240 e. The zero-order valence-electron chi connectivity index (χ0n) is 12.2. The Morgan fingerprint density at radius 2 is 1.71 bits per heavy atom. The maximum Gasteiger partial charge on any atom is 0.240 e. The highest BCUT2D eigenvalue weighted by atomic mass is 32.2. The maximum atomic E-state index is 12.6. The Labute approximate surface area is 126 Å². The van der Waals surface area contributed by atoms with Crippen molar-refractivity contribution in [2.75, 3.05) is 0 Å². The van der Waals surface area contributed by atoms with Crippen molar-refractivity contribution in [3.05, 3.63) is 42.5 Å². The molecule has 3 nitrogen and oxygen atoms in total. The third kappa shape index (κ3) is 3.11. The quantitative estimate of drug-likeness (QED) is 0.940. The minimum atomic E-state index is -3.43. The summed E-state index contributed by atoms with van der Waals surface area (Å²) in [5.74, 6) is 0.411. The third-order valence-corrected chi connectivity index (χ3v) is 5.94. The van der Waals surface area contributed by atoms with Crippen LogP contribution in [0.3, 0.4) is 0 Å². The summed E-state index contributed by atoms with van der Waals surface area (Å²) in [5.41, 5.74) is 0. The van der Waals surface area contributed by atoms with Crippen LogP contribution in [-0.4, -0.2) is 14.5 Å². The highest BCUT2D eigenvalue weighted by molar-refractivity contribution is 7.89. The molecular weight excluding hydrogens is 282 g/mol. The van der Waals surface area contributed by atoms with Gasteiger partial charge >= 0.3 is 0 Å². The van der Waals surface area contributed by atoms with Crippen molar-refractivity contribution in [3.63, 3.8) is 0 Å². The molecule has 0 aliphatic heterocycles. The summed E-state index contributed by atoms with van der Waals surface area (Å²) in [5, 5.41) is 2.01. The molecule has 0 bridgehead atoms. The van der Waals surface area contributed by atoms with E-state index in [1.165, 1.54) is 6.42 Å². The molecule has 1 N–H and O–H groups in total. The second-order valence-electron chi connectivity index (χ2n) is 6.00. The van der Waals surface area contributed by atoms with Crippen molar-refractivity contribution in [2.45, 2.75) is 43.5 Å². The zero-order valence-corrected chi connectivity index (χ0v) is 13.1. The van der Waals surface area contributed by atoms with E-state index >= 15 is 0 Å². The van der Waals surface area contributed by atoms with E-state index in [4.69, 9.17) is 0 Å². The SMILES string of the molecule is C[C@H]1CCCC[C@H]1NS(=O)(=O)c1ccc2ccccc2c1. The Morgan fingerprint density at radius 1 is 1.00 bits per heavy atom. The lowest BCUT2D eigenvalue weighted by atomic mass is 9.87. The van der Waals surface area contributed by atoms with Gasteiger partial charge in [-0.2, -0.15) is 0 Å². The fraction of sp³-hybridized carbons (Fsp3) is 0.412. The van der Waals surface area contributed by atoms with Gasteiger partial charge in [0, 0.05) is 6.04 Å². The molecule has 21 heavy (non-hydrogen) atoms. The number of benzene rings is 2. The van der Waals surface area contributed by atoms with Crippen LogP contribution in [0.5, 0.6) is 0 Å². The van der Waals surface area contributed by atoms with Crippen LogP contribution in [-0.2, 0) is 10.0 Å². The minimum absolute atomic E-state index is 0.0650. The Kier molecular flexibility index (Phi) is 4.00. The van der Waals surface area contributed by atoms with Crippen LogP contribution < -0.4 is 4.72 Å². The molecule has 112 valence electrons. The minimum Gasteiger partial charge on any atom is -0.208 e. The van der Waals surface area contributed by atoms with E-state index in [1.54, 1.807) is 12.1 Å². The molecule has 0 spiro atoms. The van der Waals surface area contributed by atoms with E-state index in [0.717, 1.165) is 30.0 Å². The lowest BCUT2D eigenvalue weighted by Crippen LogP contribution is -2.40. The molecule has 2 aromatic rings. The molecule has 0 radical (unpaired) electrons. The molecule has 3 rings (SSSR count). The van der Waals surface area contributed by atoms with Gasteiger partial charge in [0.1, 0.15) is 0 Å². The van der Waals surface area contributed by atoms with E-state index < -0.39 is 10.0 Å². The predicted molar refractivity (Wildman–Crippen MR) is 85.7 cm³/mol. The molecule has 1 fully saturated rings. The van der Waals surface area contributed by atoms with Crippen LogP contribution >= 0.6 is 0 Å². The molecule has 2 aromatic carbocycles. The number of hydrogen-bond acceptors (Lipinski definition) is 2. The summed E-state index contributed by atoms with van der Waals surface area (Å²) in [6.45, 7) is 2.13. The average molecular weight is 303 g/mol. The standard InChI is InChI=1S/C17H21NO2S/c1-13-6-2-5-9-17(13)18-21(19,20)16-11-10-14-7-3-4-8-15(14)12-16/h3-4,7-8,10-13,17-18H,2,5-6,9H2,1H3/t13-,17+/m0/s1. The molecule has 0 aromatic heterocycles. The van der Waals surface area contributed by atoms with Crippen LogP contribution in [0.1, 0.15) is 32.6 Å². The average Bonchev–Trinajstić information content (AvgIpc) is 2.49. The van der Waals surface area contributed by atoms with E-state index in [-0.39, 0.29) is 6.04 Å². The van der Waals surface area contributed by atoms with E-state index in [2.05, 4.69) is 11.6 Å². The first-order chi connectivity index (χ1) is 10.1. The smallest absolute Gasteiger partial charge is 0.208 e. The third-order valence-electron chi connectivity index (χ3n) is 4.45. The summed E-state index contributed by atoms with van der Waals surface area (Å²) >= 11 is 0. The van der Waals surface area contributed by atoms with Gasteiger partial charge in [-0.3, -0.25) is 0 Å². The summed E-state index contributed by atoms with van der Waals surface area (Å²) < 4.78 is 28.1. The van der Waals surface area contributed by atoms with Crippen LogP contribution in [0.4, 0.5) is 0 Å². The first kappa shape index (κ1) is 14.5. The van der Waals surface area contributed by atoms with E-state index in [1.807, 2.05) is 30.3 Å². The first-order valence-electron chi connectivity index (χ1n) is 7.57. The van der Waals surface area contributed by atoms with Crippen molar-refractivity contribution in [1.29, 1.82) is 0 Å². The fourth-order valence-corrected chi connectivity index (χ4v) is 4.51. The molecule has 1 aliphatic carbocycles. The molecule has 1 aliphatic rings. The Morgan fingerprint density at radius 3 is 2.48 bits per heavy atom. The maximum absolute atomic E-state index is 12.6. The molecule has 0 unspecified atom stereocenters. The summed E-state index contributed by atoms with van der Waals surface area (Å²) in [4.78, 5) is 0.360. The summed E-state index contributed by atoms with van der Waals surface area (Å²) in [6.07, 6.45) is 4.35. The fourth-order valence-electron chi connectivity index (χ4n) is 3.09. The Balaban J connectivity index is 1.88. The summed E-state index contributed by atoms with van der Waals surface area (Å²) in [7, 11) is -3.43. The van der Waals surface area contributed by atoms with Crippen molar-refractivity contribution in [1.82, 2.24) is 4.72 Å². The molecule has 0 saturated heterocycles. The molecule has 0 amide bonds. The van der Waals surface area contributed by atoms with Gasteiger partial charge in [0.15, 0.2) is 0 Å². The van der Waals surface area contributed by atoms with Gasteiger partial charge in [-0.05, 0) is 41.7 Å². The highest BCUT2D eigenvalue weighted by Crippen LogP contribution is 2.26. The van der Waals surface area contributed by atoms with Crippen LogP contribution in [0.2, 0.25) is 0 Å². The van der Waals surface area contributed by atoms with Gasteiger partial charge in [-0.15, -0.1) is 0 Å². The molecular formula is C17H21NO2S. The number of sulfonamides is 1. The van der Waals surface area contributed by atoms with E-state index in [9.17, 15) is 8.42 Å². The molecule has 2 atom stereocenters. The first-order valence-corrected chi connectivity index (χ1v) is 9.06. The van der Waals surface area contributed by atoms with Gasteiger partial charge < -0.3 is 0 Å². The van der Waals surface area contributed by atoms with Crippen molar-refractivity contribution in [3.8, 4) is 0 Å². The number of nitrogens with one attached hydrogen (secondary N) is 1. The van der Waals surface area contributed by atoms with Gasteiger partial charge in [0.05, 0.1) is 4.90 Å². The zero-order chi connectivity index (χ0) is 14.9. The van der Waals surface area contributed by atoms with E-state index in [0.29, 0.717) is 10.8 Å². The number of hydrogen-bond donors (Lipinski definition) is 1. The van der Waals surface area contributed by atoms with Crippen LogP contribution in [0, 0.1) is 5.92 Å². The van der Waals surface area contributed by atoms with Gasteiger partial charge in [-0.25, -0.2) is 13.1 Å². The second-order valence-corrected chi connectivity index (χ2v) is 7.71. The Hall–Kier alpha value is -1.39. The molecule has 1 saturated carbocycles. The van der Waals surface area contributed by atoms with Crippen molar-refractivity contribution < 1.29 is 8.42 Å². The van der Waals surface area contributed by atoms with Gasteiger partial charge in [0.2, 0.25) is 10.0 Å². The lowest BCUT2D eigenvalue weighted by Gasteiger charge is -2.29. The normalized spacial score (nSPS) is 23.3. The summed E-state index contributed by atoms with van der Waals surface area (Å²) in [6, 6.07) is 13.2. The van der Waals surface area contributed by atoms with Crippen LogP contribution in [0.25, 0.3) is 10.8 Å². The van der Waals surface area contributed by atoms with Gasteiger partial charge in [-0.1, -0.05) is 50.1 Å². The molecule has 0 heterocycles.